The van der Waals surface area contributed by atoms with Gasteiger partial charge in [-0.3, -0.25) is 4.79 Å². The standard InChI is InChI=1S/C18H21N3O/c1-14-9-12-21(13-10-14)17-16(8-5-11-19-17)18(22)20-15-6-3-2-4-7-15/h2-8,11,14H,9-10,12-13H2,1H3,(H,20,22). The summed E-state index contributed by atoms with van der Waals surface area (Å²) in [5.41, 5.74) is 1.44. The van der Waals surface area contributed by atoms with Crippen LogP contribution < -0.4 is 10.2 Å². The molecule has 4 heteroatoms. The minimum Gasteiger partial charge on any atom is -0.356 e. The maximum Gasteiger partial charge on any atom is 0.259 e. The highest BCUT2D eigenvalue weighted by atomic mass is 16.1. The van der Waals surface area contributed by atoms with E-state index in [1.165, 1.54) is 0 Å². The second-order valence-electron chi connectivity index (χ2n) is 5.86. The van der Waals surface area contributed by atoms with Crippen LogP contribution in [0, 0.1) is 5.92 Å². The molecule has 0 atom stereocenters. The Morgan fingerprint density at radius 3 is 2.59 bits per heavy atom. The highest BCUT2D eigenvalue weighted by Gasteiger charge is 2.21. The summed E-state index contributed by atoms with van der Waals surface area (Å²) >= 11 is 0. The monoisotopic (exact) mass is 295 g/mol. The van der Waals surface area contributed by atoms with Gasteiger partial charge in [0.05, 0.1) is 5.56 Å². The average Bonchev–Trinajstić information content (AvgIpc) is 2.56. The molecule has 1 aliphatic rings. The summed E-state index contributed by atoms with van der Waals surface area (Å²) < 4.78 is 0. The van der Waals surface area contributed by atoms with Crippen LogP contribution in [0.3, 0.4) is 0 Å². The van der Waals surface area contributed by atoms with Gasteiger partial charge in [-0.05, 0) is 43.0 Å². The molecule has 1 amide bonds. The molecule has 0 radical (unpaired) electrons. The Morgan fingerprint density at radius 2 is 1.86 bits per heavy atom. The normalized spacial score (nSPS) is 15.6. The van der Waals surface area contributed by atoms with E-state index in [1.807, 2.05) is 42.5 Å². The highest BCUT2D eigenvalue weighted by Crippen LogP contribution is 2.24. The number of anilines is 2. The van der Waals surface area contributed by atoms with Crippen LogP contribution in [0.25, 0.3) is 0 Å². The number of nitrogens with zero attached hydrogens (tertiary/aromatic N) is 2. The van der Waals surface area contributed by atoms with Crippen LogP contribution >= 0.6 is 0 Å². The first-order valence-electron chi connectivity index (χ1n) is 7.80. The lowest BCUT2D eigenvalue weighted by Gasteiger charge is -2.32. The van der Waals surface area contributed by atoms with Crippen molar-refractivity contribution in [1.29, 1.82) is 0 Å². The van der Waals surface area contributed by atoms with Gasteiger partial charge in [-0.2, -0.15) is 0 Å². The van der Waals surface area contributed by atoms with Gasteiger partial charge in [-0.1, -0.05) is 25.1 Å². The van der Waals surface area contributed by atoms with E-state index in [9.17, 15) is 4.79 Å². The SMILES string of the molecule is CC1CCN(c2ncccc2C(=O)Nc2ccccc2)CC1. The molecule has 1 fully saturated rings. The van der Waals surface area contributed by atoms with Gasteiger partial charge in [0.25, 0.3) is 5.91 Å². The quantitative estimate of drug-likeness (QED) is 0.941. The summed E-state index contributed by atoms with van der Waals surface area (Å²) in [5.74, 6) is 1.44. The molecule has 1 N–H and O–H groups in total. The molecule has 1 aromatic carbocycles. The number of para-hydroxylation sites is 1. The second-order valence-corrected chi connectivity index (χ2v) is 5.86. The van der Waals surface area contributed by atoms with Crippen molar-refractivity contribution in [2.45, 2.75) is 19.8 Å². The Labute approximate surface area is 131 Å². The lowest BCUT2D eigenvalue weighted by Crippen LogP contribution is -2.35. The minimum atomic E-state index is -0.104. The van der Waals surface area contributed by atoms with Crippen molar-refractivity contribution < 1.29 is 4.79 Å². The van der Waals surface area contributed by atoms with Crippen molar-refractivity contribution in [2.75, 3.05) is 23.3 Å². The zero-order valence-electron chi connectivity index (χ0n) is 12.8. The van der Waals surface area contributed by atoms with Gasteiger partial charge in [0, 0.05) is 25.0 Å². The van der Waals surface area contributed by atoms with Crippen molar-refractivity contribution in [2.24, 2.45) is 5.92 Å². The molecule has 0 bridgehead atoms. The maximum atomic E-state index is 12.6. The number of nitrogens with one attached hydrogen (secondary N) is 1. The zero-order valence-corrected chi connectivity index (χ0v) is 12.8. The van der Waals surface area contributed by atoms with E-state index in [0.29, 0.717) is 5.56 Å². The van der Waals surface area contributed by atoms with E-state index in [1.54, 1.807) is 6.20 Å². The molecule has 0 spiro atoms. The Kier molecular flexibility index (Phi) is 4.37. The van der Waals surface area contributed by atoms with Crippen molar-refractivity contribution in [3.63, 3.8) is 0 Å². The molecule has 3 rings (SSSR count). The van der Waals surface area contributed by atoms with Crippen molar-refractivity contribution in [1.82, 2.24) is 4.98 Å². The molecule has 4 nitrogen and oxygen atoms in total. The minimum absolute atomic E-state index is 0.104. The summed E-state index contributed by atoms with van der Waals surface area (Å²) in [6.45, 7) is 4.20. The van der Waals surface area contributed by atoms with Gasteiger partial charge >= 0.3 is 0 Å². The van der Waals surface area contributed by atoms with Gasteiger partial charge in [-0.15, -0.1) is 0 Å². The first-order chi connectivity index (χ1) is 10.7. The van der Waals surface area contributed by atoms with Crippen LogP contribution in [-0.2, 0) is 0 Å². The third kappa shape index (κ3) is 3.27. The van der Waals surface area contributed by atoms with E-state index in [2.05, 4.69) is 22.1 Å². The third-order valence-electron chi connectivity index (χ3n) is 4.15. The number of rotatable bonds is 3. The Balaban J connectivity index is 1.80. The summed E-state index contributed by atoms with van der Waals surface area (Å²) in [5, 5.41) is 2.94. The molecule has 114 valence electrons. The lowest BCUT2D eigenvalue weighted by atomic mass is 9.99. The molecule has 1 saturated heterocycles. The Bertz CT molecular complexity index is 634. The molecule has 0 aliphatic carbocycles. The maximum absolute atomic E-state index is 12.6. The number of piperidine rings is 1. The van der Waals surface area contributed by atoms with Gasteiger partial charge in [0.2, 0.25) is 0 Å². The third-order valence-corrected chi connectivity index (χ3v) is 4.15. The number of hydrogen-bond acceptors (Lipinski definition) is 3. The Hall–Kier alpha value is -2.36. The van der Waals surface area contributed by atoms with E-state index in [-0.39, 0.29) is 5.91 Å². The second kappa shape index (κ2) is 6.60. The summed E-state index contributed by atoms with van der Waals surface area (Å²) in [4.78, 5) is 19.2. The van der Waals surface area contributed by atoms with E-state index in [0.717, 1.165) is 43.4 Å². The molecule has 22 heavy (non-hydrogen) atoms. The summed E-state index contributed by atoms with van der Waals surface area (Å²) in [6, 6.07) is 13.2. The molecular weight excluding hydrogens is 274 g/mol. The van der Waals surface area contributed by atoms with Crippen LogP contribution in [0.5, 0.6) is 0 Å². The van der Waals surface area contributed by atoms with Crippen molar-refractivity contribution >= 4 is 17.4 Å². The highest BCUT2D eigenvalue weighted by molar-refractivity contribution is 6.07. The predicted molar refractivity (Wildman–Crippen MR) is 89.2 cm³/mol. The molecular formula is C18H21N3O. The molecule has 1 aliphatic heterocycles. The fourth-order valence-corrected chi connectivity index (χ4v) is 2.77. The van der Waals surface area contributed by atoms with E-state index >= 15 is 0 Å². The van der Waals surface area contributed by atoms with Crippen molar-refractivity contribution in [3.05, 3.63) is 54.2 Å². The topological polar surface area (TPSA) is 45.2 Å². The number of hydrogen-bond donors (Lipinski definition) is 1. The fourth-order valence-electron chi connectivity index (χ4n) is 2.77. The average molecular weight is 295 g/mol. The predicted octanol–water partition coefficient (Wildman–Crippen LogP) is 3.57. The number of carbonyl (C=O) groups excluding carboxylic acids is 1. The van der Waals surface area contributed by atoms with Crippen molar-refractivity contribution in [3.8, 4) is 0 Å². The summed E-state index contributed by atoms with van der Waals surface area (Å²) in [7, 11) is 0. The number of pyridine rings is 1. The molecule has 2 heterocycles. The van der Waals surface area contributed by atoms with Crippen LogP contribution in [0.4, 0.5) is 11.5 Å². The van der Waals surface area contributed by atoms with Gasteiger partial charge < -0.3 is 10.2 Å². The Morgan fingerprint density at radius 1 is 1.14 bits per heavy atom. The molecule has 2 aromatic rings. The fraction of sp³-hybridized carbons (Fsp3) is 0.333. The van der Waals surface area contributed by atoms with Crippen LogP contribution in [-0.4, -0.2) is 24.0 Å². The molecule has 0 unspecified atom stereocenters. The first kappa shape index (κ1) is 14.6. The number of aromatic nitrogens is 1. The van der Waals surface area contributed by atoms with Crippen LogP contribution in [0.1, 0.15) is 30.1 Å². The largest absolute Gasteiger partial charge is 0.356 e. The molecule has 1 aromatic heterocycles. The van der Waals surface area contributed by atoms with E-state index in [4.69, 9.17) is 0 Å². The summed E-state index contributed by atoms with van der Waals surface area (Å²) in [6.07, 6.45) is 4.05. The molecule has 0 saturated carbocycles. The lowest BCUT2D eigenvalue weighted by molar-refractivity contribution is 0.102. The van der Waals surface area contributed by atoms with Gasteiger partial charge in [0.15, 0.2) is 0 Å². The van der Waals surface area contributed by atoms with Crippen LogP contribution in [0.2, 0.25) is 0 Å². The van der Waals surface area contributed by atoms with Gasteiger partial charge in [0.1, 0.15) is 5.82 Å². The number of carbonyl (C=O) groups is 1. The van der Waals surface area contributed by atoms with Crippen LogP contribution in [0.15, 0.2) is 48.7 Å². The smallest absolute Gasteiger partial charge is 0.259 e. The van der Waals surface area contributed by atoms with E-state index < -0.39 is 0 Å². The number of amides is 1. The first-order valence-corrected chi connectivity index (χ1v) is 7.80. The van der Waals surface area contributed by atoms with Gasteiger partial charge in [-0.25, -0.2) is 4.98 Å². The zero-order chi connectivity index (χ0) is 15.4. The number of benzene rings is 1.